The van der Waals surface area contributed by atoms with E-state index in [1.165, 1.54) is 18.3 Å². The summed E-state index contributed by atoms with van der Waals surface area (Å²) in [5.74, 6) is 0.229. The number of pyridine rings is 1. The zero-order valence-electron chi connectivity index (χ0n) is 10.3. The minimum absolute atomic E-state index is 0.265. The van der Waals surface area contributed by atoms with Crippen LogP contribution in [0.15, 0.2) is 42.7 Å². The van der Waals surface area contributed by atoms with E-state index in [4.69, 9.17) is 16.3 Å². The summed E-state index contributed by atoms with van der Waals surface area (Å²) < 4.78 is 18.7. The lowest BCUT2D eigenvalue weighted by Crippen LogP contribution is -1.97. The molecule has 100 valence electrons. The van der Waals surface area contributed by atoms with E-state index in [-0.39, 0.29) is 11.0 Å². The van der Waals surface area contributed by atoms with Gasteiger partial charge in [-0.2, -0.15) is 5.10 Å². The van der Waals surface area contributed by atoms with Crippen molar-refractivity contribution in [1.29, 1.82) is 0 Å². The van der Waals surface area contributed by atoms with Gasteiger partial charge in [-0.15, -0.1) is 5.10 Å². The highest BCUT2D eigenvalue weighted by Crippen LogP contribution is 2.17. The van der Waals surface area contributed by atoms with Crippen molar-refractivity contribution in [1.82, 2.24) is 15.2 Å². The molecule has 1 aromatic carbocycles. The molecule has 2 aromatic heterocycles. The molecule has 0 aliphatic carbocycles. The number of rotatable bonds is 3. The maximum Gasteiger partial charge on any atom is 0.155 e. The van der Waals surface area contributed by atoms with E-state index in [1.807, 2.05) is 6.07 Å². The van der Waals surface area contributed by atoms with Gasteiger partial charge in [-0.25, -0.2) is 4.39 Å². The van der Waals surface area contributed by atoms with Crippen LogP contribution in [0.4, 0.5) is 4.39 Å². The fraction of sp³-hybridized carbons (Fsp3) is 0.0714. The molecule has 6 heteroatoms. The maximum atomic E-state index is 13.2. The SMILES string of the molecule is Fc1ccc2ncc(COc3cnnc(Cl)c3)cc2c1. The highest BCUT2D eigenvalue weighted by Gasteiger charge is 2.02. The van der Waals surface area contributed by atoms with Gasteiger partial charge in [0.15, 0.2) is 5.15 Å². The minimum atomic E-state index is -0.289. The average molecular weight is 290 g/mol. The van der Waals surface area contributed by atoms with Crippen molar-refractivity contribution >= 4 is 22.5 Å². The Balaban J connectivity index is 1.80. The van der Waals surface area contributed by atoms with Gasteiger partial charge in [0.2, 0.25) is 0 Å². The fourth-order valence-corrected chi connectivity index (χ4v) is 1.95. The summed E-state index contributed by atoms with van der Waals surface area (Å²) >= 11 is 5.71. The van der Waals surface area contributed by atoms with Gasteiger partial charge in [0.05, 0.1) is 11.7 Å². The van der Waals surface area contributed by atoms with Gasteiger partial charge >= 0.3 is 0 Å². The van der Waals surface area contributed by atoms with E-state index in [1.54, 1.807) is 18.3 Å². The highest BCUT2D eigenvalue weighted by molar-refractivity contribution is 6.29. The summed E-state index contributed by atoms with van der Waals surface area (Å²) in [6.45, 7) is 0.293. The monoisotopic (exact) mass is 289 g/mol. The standard InChI is InChI=1S/C14H9ClFN3O/c15-14-5-12(7-18-19-14)20-8-9-3-10-4-11(16)1-2-13(10)17-6-9/h1-7H,8H2. The summed E-state index contributed by atoms with van der Waals surface area (Å²) in [4.78, 5) is 4.25. The molecule has 2 heterocycles. The Morgan fingerprint density at radius 1 is 1.15 bits per heavy atom. The van der Waals surface area contributed by atoms with Crippen LogP contribution in [0.2, 0.25) is 5.15 Å². The number of hydrogen-bond acceptors (Lipinski definition) is 4. The first-order valence-corrected chi connectivity index (χ1v) is 6.24. The molecule has 0 fully saturated rings. The quantitative estimate of drug-likeness (QED) is 0.741. The predicted molar refractivity (Wildman–Crippen MR) is 73.1 cm³/mol. The Morgan fingerprint density at radius 2 is 2.05 bits per heavy atom. The molecule has 0 unspecified atom stereocenters. The summed E-state index contributed by atoms with van der Waals surface area (Å²) in [5, 5.41) is 8.31. The number of aromatic nitrogens is 3. The average Bonchev–Trinajstić information content (AvgIpc) is 2.45. The van der Waals surface area contributed by atoms with Gasteiger partial charge in [-0.3, -0.25) is 4.98 Å². The zero-order chi connectivity index (χ0) is 13.9. The van der Waals surface area contributed by atoms with E-state index >= 15 is 0 Å². The van der Waals surface area contributed by atoms with E-state index in [0.717, 1.165) is 16.5 Å². The third-order valence-corrected chi connectivity index (χ3v) is 2.89. The first-order chi connectivity index (χ1) is 9.70. The van der Waals surface area contributed by atoms with Crippen LogP contribution in [-0.2, 0) is 6.61 Å². The molecular weight excluding hydrogens is 281 g/mol. The number of nitrogens with zero attached hydrogens (tertiary/aromatic N) is 3. The van der Waals surface area contributed by atoms with Crippen molar-refractivity contribution in [3.63, 3.8) is 0 Å². The lowest BCUT2D eigenvalue weighted by molar-refractivity contribution is 0.304. The van der Waals surface area contributed by atoms with Crippen LogP contribution < -0.4 is 4.74 Å². The number of benzene rings is 1. The normalized spacial score (nSPS) is 10.7. The van der Waals surface area contributed by atoms with Crippen LogP contribution in [-0.4, -0.2) is 15.2 Å². The predicted octanol–water partition coefficient (Wildman–Crippen LogP) is 3.40. The number of halogens is 2. The molecule has 0 bridgehead atoms. The second-order valence-electron chi connectivity index (χ2n) is 4.18. The second kappa shape index (κ2) is 5.38. The molecular formula is C14H9ClFN3O. The molecule has 20 heavy (non-hydrogen) atoms. The number of ether oxygens (including phenoxy) is 1. The van der Waals surface area contributed by atoms with Crippen LogP contribution >= 0.6 is 11.6 Å². The van der Waals surface area contributed by atoms with Gasteiger partial charge in [-0.1, -0.05) is 11.6 Å². The van der Waals surface area contributed by atoms with Crippen molar-refractivity contribution in [2.24, 2.45) is 0 Å². The smallest absolute Gasteiger partial charge is 0.155 e. The molecule has 4 nitrogen and oxygen atoms in total. The Labute approximate surface area is 119 Å². The first kappa shape index (κ1) is 12.7. The second-order valence-corrected chi connectivity index (χ2v) is 4.57. The fourth-order valence-electron chi connectivity index (χ4n) is 1.80. The molecule has 0 saturated heterocycles. The van der Waals surface area contributed by atoms with E-state index in [9.17, 15) is 4.39 Å². The summed E-state index contributed by atoms with van der Waals surface area (Å²) in [6.07, 6.45) is 3.16. The summed E-state index contributed by atoms with van der Waals surface area (Å²) in [7, 11) is 0. The van der Waals surface area contributed by atoms with Crippen molar-refractivity contribution in [2.75, 3.05) is 0 Å². The van der Waals surface area contributed by atoms with Crippen molar-refractivity contribution in [3.8, 4) is 5.75 Å². The topological polar surface area (TPSA) is 47.9 Å². The van der Waals surface area contributed by atoms with Crippen LogP contribution in [0.1, 0.15) is 5.56 Å². The molecule has 0 radical (unpaired) electrons. The maximum absolute atomic E-state index is 13.2. The van der Waals surface area contributed by atoms with Crippen LogP contribution in [0, 0.1) is 5.82 Å². The number of hydrogen-bond donors (Lipinski definition) is 0. The van der Waals surface area contributed by atoms with Gasteiger partial charge in [0, 0.05) is 23.2 Å². The molecule has 3 aromatic rings. The van der Waals surface area contributed by atoms with Gasteiger partial charge in [0.1, 0.15) is 18.2 Å². The first-order valence-electron chi connectivity index (χ1n) is 5.86. The molecule has 0 saturated carbocycles. The van der Waals surface area contributed by atoms with Gasteiger partial charge in [-0.05, 0) is 24.3 Å². The van der Waals surface area contributed by atoms with Crippen LogP contribution in [0.25, 0.3) is 10.9 Å². The number of fused-ring (bicyclic) bond motifs is 1. The van der Waals surface area contributed by atoms with E-state index < -0.39 is 0 Å². The minimum Gasteiger partial charge on any atom is -0.487 e. The largest absolute Gasteiger partial charge is 0.487 e. The Morgan fingerprint density at radius 3 is 2.90 bits per heavy atom. The third-order valence-electron chi connectivity index (χ3n) is 2.71. The molecule has 0 amide bonds. The van der Waals surface area contributed by atoms with Crippen LogP contribution in [0.3, 0.4) is 0 Å². The van der Waals surface area contributed by atoms with E-state index in [0.29, 0.717) is 12.4 Å². The highest BCUT2D eigenvalue weighted by atomic mass is 35.5. The Bertz CT molecular complexity index is 766. The zero-order valence-corrected chi connectivity index (χ0v) is 11.0. The molecule has 3 rings (SSSR count). The van der Waals surface area contributed by atoms with Gasteiger partial charge in [0.25, 0.3) is 0 Å². The lowest BCUT2D eigenvalue weighted by Gasteiger charge is -2.06. The van der Waals surface area contributed by atoms with Gasteiger partial charge < -0.3 is 4.74 Å². The third kappa shape index (κ3) is 2.83. The van der Waals surface area contributed by atoms with Crippen molar-refractivity contribution < 1.29 is 9.13 Å². The molecule has 0 atom stereocenters. The molecule has 0 spiro atoms. The Kier molecular flexibility index (Phi) is 3.43. The van der Waals surface area contributed by atoms with Crippen molar-refractivity contribution in [3.05, 3.63) is 59.3 Å². The molecule has 0 N–H and O–H groups in total. The summed E-state index contributed by atoms with van der Waals surface area (Å²) in [5.41, 5.74) is 1.57. The molecule has 0 aliphatic heterocycles. The Hall–Kier alpha value is -2.27. The van der Waals surface area contributed by atoms with Crippen LogP contribution in [0.5, 0.6) is 5.75 Å². The van der Waals surface area contributed by atoms with E-state index in [2.05, 4.69) is 15.2 Å². The van der Waals surface area contributed by atoms with Crippen molar-refractivity contribution in [2.45, 2.75) is 6.61 Å². The summed E-state index contributed by atoms with van der Waals surface area (Å²) in [6, 6.07) is 7.87. The lowest BCUT2D eigenvalue weighted by atomic mass is 10.1. The molecule has 0 aliphatic rings.